The summed E-state index contributed by atoms with van der Waals surface area (Å²) in [6, 6.07) is 0. The summed E-state index contributed by atoms with van der Waals surface area (Å²) in [7, 11) is 1.43. The second-order valence-corrected chi connectivity index (χ2v) is 5.86. The smallest absolute Gasteiger partial charge is 0.343 e. The second kappa shape index (κ2) is 3.59. The molecule has 3 aliphatic carbocycles. The molecule has 0 radical (unpaired) electrons. The van der Waals surface area contributed by atoms with Crippen molar-refractivity contribution >= 4 is 5.97 Å². The Labute approximate surface area is 106 Å². The summed E-state index contributed by atoms with van der Waals surface area (Å²) in [6.07, 6.45) is 6.10. The Morgan fingerprint density at radius 1 is 1.28 bits per heavy atom. The molecule has 0 aliphatic heterocycles. The Bertz CT molecular complexity index is 493. The maximum atomic E-state index is 12.0. The fourth-order valence-corrected chi connectivity index (χ4v) is 3.70. The highest BCUT2D eigenvalue weighted by molar-refractivity contribution is 5.92. The van der Waals surface area contributed by atoms with E-state index in [1.165, 1.54) is 26.4 Å². The van der Waals surface area contributed by atoms with E-state index in [-0.39, 0.29) is 5.97 Å². The van der Waals surface area contributed by atoms with Crippen molar-refractivity contribution in [1.82, 2.24) is 5.16 Å². The summed E-state index contributed by atoms with van der Waals surface area (Å²) in [4.78, 5) is 12.0. The molecule has 1 aromatic rings. The van der Waals surface area contributed by atoms with E-state index in [2.05, 4.69) is 5.16 Å². The van der Waals surface area contributed by atoms with Crippen molar-refractivity contribution in [3.05, 3.63) is 17.0 Å². The molecule has 0 aromatic carbocycles. The van der Waals surface area contributed by atoms with Crippen molar-refractivity contribution in [3.63, 3.8) is 0 Å². The highest BCUT2D eigenvalue weighted by Gasteiger charge is 2.56. The predicted octanol–water partition coefficient (Wildman–Crippen LogP) is 2.85. The number of carbonyl (C=O) groups is 1. The van der Waals surface area contributed by atoms with Crippen LogP contribution in [0.3, 0.4) is 0 Å². The standard InChI is InChI=1S/C14H17NO3/c1-17-14(16)11-12(10-8-3-2-4-9(8)10)15-18-13(11)7-5-6-7/h7-10H,2-6H2,1H3. The molecule has 96 valence electrons. The Balaban J connectivity index is 1.72. The van der Waals surface area contributed by atoms with Gasteiger partial charge in [0, 0.05) is 11.8 Å². The Kier molecular flexibility index (Phi) is 2.11. The van der Waals surface area contributed by atoms with E-state index in [9.17, 15) is 4.79 Å². The first-order chi connectivity index (χ1) is 8.81. The van der Waals surface area contributed by atoms with Crippen molar-refractivity contribution in [2.75, 3.05) is 7.11 Å². The average Bonchev–Trinajstić information content (AvgIpc) is 3.26. The molecule has 4 nitrogen and oxygen atoms in total. The molecule has 18 heavy (non-hydrogen) atoms. The lowest BCUT2D eigenvalue weighted by Gasteiger charge is -2.03. The maximum Gasteiger partial charge on any atom is 0.343 e. The van der Waals surface area contributed by atoms with Gasteiger partial charge in [-0.1, -0.05) is 11.6 Å². The molecule has 0 bridgehead atoms. The van der Waals surface area contributed by atoms with E-state index < -0.39 is 0 Å². The third kappa shape index (κ3) is 1.38. The zero-order chi connectivity index (χ0) is 12.3. The van der Waals surface area contributed by atoms with E-state index in [1.54, 1.807) is 0 Å². The molecule has 1 heterocycles. The molecule has 4 heteroatoms. The van der Waals surface area contributed by atoms with Gasteiger partial charge in [-0.3, -0.25) is 0 Å². The lowest BCUT2D eigenvalue weighted by Crippen LogP contribution is -2.07. The molecule has 3 fully saturated rings. The van der Waals surface area contributed by atoms with Crippen molar-refractivity contribution < 1.29 is 14.1 Å². The van der Waals surface area contributed by atoms with Gasteiger partial charge in [0.1, 0.15) is 11.3 Å². The van der Waals surface area contributed by atoms with Gasteiger partial charge in [0.15, 0.2) is 5.76 Å². The summed E-state index contributed by atoms with van der Waals surface area (Å²) >= 11 is 0. The van der Waals surface area contributed by atoms with E-state index in [0.29, 0.717) is 17.4 Å². The topological polar surface area (TPSA) is 52.3 Å². The fourth-order valence-electron chi connectivity index (χ4n) is 3.70. The lowest BCUT2D eigenvalue weighted by molar-refractivity contribution is 0.0597. The van der Waals surface area contributed by atoms with Gasteiger partial charge in [-0.05, 0) is 37.5 Å². The summed E-state index contributed by atoms with van der Waals surface area (Å²) < 4.78 is 10.4. The Morgan fingerprint density at radius 2 is 2.00 bits per heavy atom. The molecule has 2 atom stereocenters. The number of hydrogen-bond donors (Lipinski definition) is 0. The van der Waals surface area contributed by atoms with E-state index >= 15 is 0 Å². The van der Waals surface area contributed by atoms with Crippen LogP contribution in [0.15, 0.2) is 4.52 Å². The van der Waals surface area contributed by atoms with Gasteiger partial charge >= 0.3 is 5.97 Å². The van der Waals surface area contributed by atoms with Crippen LogP contribution in [-0.2, 0) is 4.74 Å². The van der Waals surface area contributed by atoms with Crippen molar-refractivity contribution in [1.29, 1.82) is 0 Å². The molecular weight excluding hydrogens is 230 g/mol. The molecular formula is C14H17NO3. The quantitative estimate of drug-likeness (QED) is 0.771. The zero-order valence-corrected chi connectivity index (χ0v) is 10.5. The van der Waals surface area contributed by atoms with E-state index in [1.807, 2.05) is 0 Å². The third-order valence-corrected chi connectivity index (χ3v) is 4.80. The molecule has 0 saturated heterocycles. The van der Waals surface area contributed by atoms with Gasteiger partial charge in [-0.15, -0.1) is 0 Å². The molecule has 0 amide bonds. The lowest BCUT2D eigenvalue weighted by atomic mass is 10.0. The normalized spacial score (nSPS) is 33.3. The average molecular weight is 247 g/mol. The molecule has 0 spiro atoms. The van der Waals surface area contributed by atoms with Crippen molar-refractivity contribution in [3.8, 4) is 0 Å². The highest BCUT2D eigenvalue weighted by atomic mass is 16.5. The number of fused-ring (bicyclic) bond motifs is 1. The highest BCUT2D eigenvalue weighted by Crippen LogP contribution is 2.63. The van der Waals surface area contributed by atoms with Crippen molar-refractivity contribution in [2.24, 2.45) is 11.8 Å². The number of ether oxygens (including phenoxy) is 1. The zero-order valence-electron chi connectivity index (χ0n) is 10.5. The van der Waals surface area contributed by atoms with Crippen LogP contribution in [0.2, 0.25) is 0 Å². The molecule has 1 aromatic heterocycles. The first-order valence-electron chi connectivity index (χ1n) is 6.89. The van der Waals surface area contributed by atoms with Crippen LogP contribution < -0.4 is 0 Å². The number of aromatic nitrogens is 1. The molecule has 2 unspecified atom stereocenters. The molecule has 0 N–H and O–H groups in total. The van der Waals surface area contributed by atoms with Gasteiger partial charge < -0.3 is 9.26 Å². The van der Waals surface area contributed by atoms with Crippen LogP contribution >= 0.6 is 0 Å². The summed E-state index contributed by atoms with van der Waals surface area (Å²) in [5.41, 5.74) is 1.54. The Morgan fingerprint density at radius 3 is 2.61 bits per heavy atom. The maximum absolute atomic E-state index is 12.0. The summed E-state index contributed by atoms with van der Waals surface area (Å²) in [5.74, 6) is 2.86. The van der Waals surface area contributed by atoms with Crippen molar-refractivity contribution in [2.45, 2.75) is 43.9 Å². The number of methoxy groups -OCH3 is 1. The van der Waals surface area contributed by atoms with Crippen LogP contribution in [0, 0.1) is 11.8 Å². The summed E-state index contributed by atoms with van der Waals surface area (Å²) in [6.45, 7) is 0. The largest absolute Gasteiger partial charge is 0.465 e. The number of rotatable bonds is 3. The SMILES string of the molecule is COC(=O)c1c(C2C3CCCC32)noc1C1CC1. The van der Waals surface area contributed by atoms with Gasteiger partial charge in [0.05, 0.1) is 7.11 Å². The van der Waals surface area contributed by atoms with Crippen LogP contribution in [0.25, 0.3) is 0 Å². The second-order valence-electron chi connectivity index (χ2n) is 5.86. The van der Waals surface area contributed by atoms with Gasteiger partial charge in [-0.25, -0.2) is 4.79 Å². The molecule has 4 rings (SSSR count). The fraction of sp³-hybridized carbons (Fsp3) is 0.714. The number of carbonyl (C=O) groups excluding carboxylic acids is 1. The number of esters is 1. The van der Waals surface area contributed by atoms with Crippen LogP contribution in [0.5, 0.6) is 0 Å². The first kappa shape index (κ1) is 10.6. The van der Waals surface area contributed by atoms with Gasteiger partial charge in [-0.2, -0.15) is 0 Å². The van der Waals surface area contributed by atoms with Gasteiger partial charge in [0.2, 0.25) is 0 Å². The van der Waals surface area contributed by atoms with E-state index in [0.717, 1.165) is 36.1 Å². The number of nitrogens with zero attached hydrogens (tertiary/aromatic N) is 1. The third-order valence-electron chi connectivity index (χ3n) is 4.80. The number of hydrogen-bond acceptors (Lipinski definition) is 4. The monoisotopic (exact) mass is 247 g/mol. The van der Waals surface area contributed by atoms with Crippen LogP contribution in [0.4, 0.5) is 0 Å². The minimum Gasteiger partial charge on any atom is -0.465 e. The first-order valence-corrected chi connectivity index (χ1v) is 6.89. The van der Waals surface area contributed by atoms with Crippen LogP contribution in [-0.4, -0.2) is 18.2 Å². The van der Waals surface area contributed by atoms with Crippen LogP contribution in [0.1, 0.15) is 65.8 Å². The minimum absolute atomic E-state index is 0.266. The Hall–Kier alpha value is -1.32. The summed E-state index contributed by atoms with van der Waals surface area (Å²) in [5, 5.41) is 4.22. The molecule has 3 saturated carbocycles. The predicted molar refractivity (Wildman–Crippen MR) is 63.4 cm³/mol. The molecule has 3 aliphatic rings. The van der Waals surface area contributed by atoms with Gasteiger partial charge in [0.25, 0.3) is 0 Å². The minimum atomic E-state index is -0.266. The van der Waals surface area contributed by atoms with E-state index in [4.69, 9.17) is 9.26 Å².